The van der Waals surface area contributed by atoms with Crippen molar-refractivity contribution in [1.29, 1.82) is 0 Å². The van der Waals surface area contributed by atoms with Crippen molar-refractivity contribution in [1.82, 2.24) is 14.8 Å². The second-order valence-electron chi connectivity index (χ2n) is 5.02. The van der Waals surface area contributed by atoms with Crippen molar-refractivity contribution >= 4 is 11.8 Å². The second kappa shape index (κ2) is 4.98. The van der Waals surface area contributed by atoms with E-state index in [0.717, 1.165) is 36.3 Å². The van der Waals surface area contributed by atoms with Gasteiger partial charge in [-0.2, -0.15) is 11.8 Å². The number of aromatic nitrogens is 3. The Morgan fingerprint density at radius 2 is 2.24 bits per heavy atom. The molecule has 2 aliphatic heterocycles. The third-order valence-corrected chi connectivity index (χ3v) is 5.09. The van der Waals surface area contributed by atoms with Crippen molar-refractivity contribution < 1.29 is 5.11 Å². The maximum absolute atomic E-state index is 9.60. The highest BCUT2D eigenvalue weighted by Crippen LogP contribution is 2.28. The van der Waals surface area contributed by atoms with Gasteiger partial charge >= 0.3 is 0 Å². The molecular formula is C12H19N3OS. The number of fused-ring (bicyclic) bond motifs is 1. The van der Waals surface area contributed by atoms with Crippen LogP contribution >= 0.6 is 11.8 Å². The van der Waals surface area contributed by atoms with Crippen LogP contribution in [-0.4, -0.2) is 37.0 Å². The molecule has 4 nitrogen and oxygen atoms in total. The summed E-state index contributed by atoms with van der Waals surface area (Å²) in [5, 5.41) is 18.9. The monoisotopic (exact) mass is 253 g/mol. The van der Waals surface area contributed by atoms with E-state index in [-0.39, 0.29) is 6.10 Å². The third-order valence-electron chi connectivity index (χ3n) is 3.69. The minimum atomic E-state index is -0.219. The van der Waals surface area contributed by atoms with E-state index in [1.807, 2.05) is 0 Å². The van der Waals surface area contributed by atoms with E-state index in [0.29, 0.717) is 6.42 Å². The molecule has 1 fully saturated rings. The van der Waals surface area contributed by atoms with E-state index in [4.69, 9.17) is 0 Å². The van der Waals surface area contributed by atoms with Gasteiger partial charge in [0.2, 0.25) is 0 Å². The first-order valence-electron chi connectivity index (χ1n) is 6.53. The fourth-order valence-corrected chi connectivity index (χ4v) is 4.00. The van der Waals surface area contributed by atoms with Crippen molar-refractivity contribution in [3.63, 3.8) is 0 Å². The lowest BCUT2D eigenvalue weighted by Crippen LogP contribution is -2.25. The van der Waals surface area contributed by atoms with E-state index in [9.17, 15) is 5.11 Å². The maximum atomic E-state index is 9.60. The zero-order chi connectivity index (χ0) is 11.7. The first-order chi connectivity index (χ1) is 8.33. The van der Waals surface area contributed by atoms with Gasteiger partial charge in [0.05, 0.1) is 6.10 Å². The van der Waals surface area contributed by atoms with Crippen molar-refractivity contribution in [2.45, 2.75) is 56.4 Å². The lowest BCUT2D eigenvalue weighted by atomic mass is 10.1. The zero-order valence-electron chi connectivity index (χ0n) is 10.0. The Kier molecular flexibility index (Phi) is 3.38. The first-order valence-corrected chi connectivity index (χ1v) is 7.58. The van der Waals surface area contributed by atoms with Crippen molar-refractivity contribution in [3.8, 4) is 0 Å². The molecule has 0 amide bonds. The Labute approximate surface area is 106 Å². The highest BCUT2D eigenvalue weighted by atomic mass is 32.2. The third kappa shape index (κ3) is 2.50. The smallest absolute Gasteiger partial charge is 0.135 e. The number of hydrogen-bond acceptors (Lipinski definition) is 4. The molecule has 1 saturated heterocycles. The second-order valence-corrected chi connectivity index (χ2v) is 6.43. The van der Waals surface area contributed by atoms with E-state index < -0.39 is 0 Å². The summed E-state index contributed by atoms with van der Waals surface area (Å²) in [6.45, 7) is 0.885. The van der Waals surface area contributed by atoms with E-state index >= 15 is 0 Å². The highest BCUT2D eigenvalue weighted by molar-refractivity contribution is 7.99. The number of hydrogen-bond donors (Lipinski definition) is 1. The molecule has 17 heavy (non-hydrogen) atoms. The summed E-state index contributed by atoms with van der Waals surface area (Å²) in [4.78, 5) is 0. The summed E-state index contributed by atoms with van der Waals surface area (Å²) in [6.07, 6.45) is 6.38. The van der Waals surface area contributed by atoms with Crippen LogP contribution in [0.25, 0.3) is 0 Å². The molecule has 3 rings (SSSR count). The van der Waals surface area contributed by atoms with Gasteiger partial charge in [0, 0.05) is 24.6 Å². The predicted molar refractivity (Wildman–Crippen MR) is 68.2 cm³/mol. The van der Waals surface area contributed by atoms with Crippen LogP contribution in [0.1, 0.15) is 37.3 Å². The maximum Gasteiger partial charge on any atom is 0.135 e. The standard InChI is InChI=1S/C12H19N3OS/c16-9-4-5-15-11(7-9)13-14-12(15)8-10-3-1-2-6-17-10/h9-10,16H,1-8H2. The van der Waals surface area contributed by atoms with Gasteiger partial charge in [-0.05, 0) is 25.0 Å². The van der Waals surface area contributed by atoms with Crippen LogP contribution in [0, 0.1) is 0 Å². The lowest BCUT2D eigenvalue weighted by Gasteiger charge is -2.23. The number of aliphatic hydroxyl groups is 1. The lowest BCUT2D eigenvalue weighted by molar-refractivity contribution is 0.141. The summed E-state index contributed by atoms with van der Waals surface area (Å²) < 4.78 is 2.22. The molecule has 1 aromatic heterocycles. The molecule has 1 N–H and O–H groups in total. The summed E-state index contributed by atoms with van der Waals surface area (Å²) >= 11 is 2.08. The molecule has 0 spiro atoms. The van der Waals surface area contributed by atoms with Gasteiger partial charge in [-0.1, -0.05) is 6.42 Å². The number of nitrogens with zero attached hydrogens (tertiary/aromatic N) is 3. The number of aliphatic hydroxyl groups excluding tert-OH is 1. The molecule has 0 saturated carbocycles. The average Bonchev–Trinajstić information content (AvgIpc) is 2.73. The van der Waals surface area contributed by atoms with E-state index in [2.05, 4.69) is 26.5 Å². The fourth-order valence-electron chi connectivity index (χ4n) is 2.70. The molecule has 0 aliphatic carbocycles. The van der Waals surface area contributed by atoms with Gasteiger partial charge < -0.3 is 9.67 Å². The van der Waals surface area contributed by atoms with E-state index in [1.165, 1.54) is 25.0 Å². The fraction of sp³-hybridized carbons (Fsp3) is 0.833. The van der Waals surface area contributed by atoms with Gasteiger partial charge in [0.15, 0.2) is 0 Å². The average molecular weight is 253 g/mol. The number of thioether (sulfide) groups is 1. The molecule has 94 valence electrons. The van der Waals surface area contributed by atoms with Gasteiger partial charge in [0.1, 0.15) is 11.6 Å². The molecule has 0 aromatic carbocycles. The van der Waals surface area contributed by atoms with Gasteiger partial charge in [-0.3, -0.25) is 0 Å². The summed E-state index contributed by atoms with van der Waals surface area (Å²) in [7, 11) is 0. The van der Waals surface area contributed by atoms with Crippen LogP contribution in [0.5, 0.6) is 0 Å². The van der Waals surface area contributed by atoms with Crippen LogP contribution in [0.4, 0.5) is 0 Å². The SMILES string of the molecule is OC1CCn2c(nnc2CC2CCCCS2)C1. The Hall–Kier alpha value is -0.550. The van der Waals surface area contributed by atoms with Gasteiger partial charge in [-0.15, -0.1) is 10.2 Å². The molecule has 2 aliphatic rings. The molecule has 2 unspecified atom stereocenters. The van der Waals surface area contributed by atoms with Crippen molar-refractivity contribution in [2.24, 2.45) is 0 Å². The van der Waals surface area contributed by atoms with Gasteiger partial charge in [0.25, 0.3) is 0 Å². The Bertz CT molecular complexity index is 387. The normalized spacial score (nSPS) is 29.0. The minimum Gasteiger partial charge on any atom is -0.393 e. The van der Waals surface area contributed by atoms with E-state index in [1.54, 1.807) is 0 Å². The van der Waals surface area contributed by atoms with Crippen LogP contribution in [0.2, 0.25) is 0 Å². The van der Waals surface area contributed by atoms with Crippen LogP contribution in [0.3, 0.4) is 0 Å². The number of rotatable bonds is 2. The Morgan fingerprint density at radius 1 is 1.29 bits per heavy atom. The summed E-state index contributed by atoms with van der Waals surface area (Å²) in [6, 6.07) is 0. The highest BCUT2D eigenvalue weighted by Gasteiger charge is 2.23. The summed E-state index contributed by atoms with van der Waals surface area (Å²) in [5.74, 6) is 3.40. The molecule has 5 heteroatoms. The molecule has 2 atom stereocenters. The predicted octanol–water partition coefficient (Wildman–Crippen LogP) is 1.41. The zero-order valence-corrected chi connectivity index (χ0v) is 10.8. The van der Waals surface area contributed by atoms with Gasteiger partial charge in [-0.25, -0.2) is 0 Å². The van der Waals surface area contributed by atoms with Crippen LogP contribution in [0.15, 0.2) is 0 Å². The van der Waals surface area contributed by atoms with Crippen LogP contribution < -0.4 is 0 Å². The molecule has 1 aromatic rings. The summed E-state index contributed by atoms with van der Waals surface area (Å²) in [5.41, 5.74) is 0. The molecular weight excluding hydrogens is 234 g/mol. The molecule has 0 radical (unpaired) electrons. The Morgan fingerprint density at radius 3 is 3.06 bits per heavy atom. The minimum absolute atomic E-state index is 0.219. The molecule has 0 bridgehead atoms. The van der Waals surface area contributed by atoms with Crippen molar-refractivity contribution in [3.05, 3.63) is 11.6 Å². The Balaban J connectivity index is 1.71. The largest absolute Gasteiger partial charge is 0.393 e. The van der Waals surface area contributed by atoms with Crippen molar-refractivity contribution in [2.75, 3.05) is 5.75 Å². The quantitative estimate of drug-likeness (QED) is 0.866. The first kappa shape index (κ1) is 11.5. The topological polar surface area (TPSA) is 50.9 Å². The molecule has 3 heterocycles. The van der Waals surface area contributed by atoms with Crippen LogP contribution in [-0.2, 0) is 19.4 Å².